The van der Waals surface area contributed by atoms with Gasteiger partial charge in [-0.05, 0) is 19.5 Å². The Bertz CT molecular complexity index is 479. The van der Waals surface area contributed by atoms with Crippen LogP contribution in [0.5, 0.6) is 5.75 Å². The summed E-state index contributed by atoms with van der Waals surface area (Å²) < 4.78 is 0. The van der Waals surface area contributed by atoms with Gasteiger partial charge in [-0.2, -0.15) is 0 Å². The summed E-state index contributed by atoms with van der Waals surface area (Å²) in [6.45, 7) is 1.90. The van der Waals surface area contributed by atoms with Crippen LogP contribution in [0.3, 0.4) is 0 Å². The molecule has 0 amide bonds. The van der Waals surface area contributed by atoms with Crippen molar-refractivity contribution in [3.8, 4) is 5.75 Å². The fraction of sp³-hybridized carbons (Fsp3) is 0.308. The van der Waals surface area contributed by atoms with E-state index in [4.69, 9.17) is 0 Å². The van der Waals surface area contributed by atoms with E-state index in [1.54, 1.807) is 12.4 Å². The number of hydrogen-bond donors (Lipinski definition) is 3. The molecule has 0 fully saturated rings. The van der Waals surface area contributed by atoms with Gasteiger partial charge in [0, 0.05) is 30.4 Å². The number of aromatic hydroxyl groups is 1. The predicted molar refractivity (Wildman–Crippen MR) is 66.9 cm³/mol. The average Bonchev–Trinajstić information content (AvgIpc) is 2.83. The summed E-state index contributed by atoms with van der Waals surface area (Å²) in [5.41, 5.74) is 1.80. The summed E-state index contributed by atoms with van der Waals surface area (Å²) in [6.07, 6.45) is 4.26. The highest BCUT2D eigenvalue weighted by molar-refractivity contribution is 5.41. The maximum Gasteiger partial charge on any atom is 0.123 e. The third-order valence-electron chi connectivity index (χ3n) is 2.95. The fourth-order valence-corrected chi connectivity index (χ4v) is 1.93. The molecule has 0 bridgehead atoms. The van der Waals surface area contributed by atoms with Crippen molar-refractivity contribution in [3.05, 3.63) is 47.5 Å². The Kier molecular flexibility index (Phi) is 3.44. The van der Waals surface area contributed by atoms with Crippen LogP contribution in [0.25, 0.3) is 0 Å². The highest BCUT2D eigenvalue weighted by Gasteiger charge is 2.16. The third kappa shape index (κ3) is 2.47. The highest BCUT2D eigenvalue weighted by Crippen LogP contribution is 2.28. The minimum absolute atomic E-state index is 0.0565. The van der Waals surface area contributed by atoms with Gasteiger partial charge in [-0.1, -0.05) is 18.2 Å². The van der Waals surface area contributed by atoms with Crippen LogP contribution in [0.4, 0.5) is 0 Å². The lowest BCUT2D eigenvalue weighted by Gasteiger charge is -2.17. The lowest BCUT2D eigenvalue weighted by atomic mass is 10.00. The number of imidazole rings is 1. The summed E-state index contributed by atoms with van der Waals surface area (Å²) in [7, 11) is 1.88. The van der Waals surface area contributed by atoms with Crippen molar-refractivity contribution in [2.24, 2.45) is 0 Å². The molecule has 3 N–H and O–H groups in total. The van der Waals surface area contributed by atoms with Crippen LogP contribution in [0.2, 0.25) is 0 Å². The van der Waals surface area contributed by atoms with Crippen LogP contribution < -0.4 is 5.32 Å². The maximum absolute atomic E-state index is 10.1. The number of aromatic nitrogens is 2. The Morgan fingerprint density at radius 2 is 2.29 bits per heavy atom. The lowest BCUT2D eigenvalue weighted by Crippen LogP contribution is -2.19. The summed E-state index contributed by atoms with van der Waals surface area (Å²) in [5, 5.41) is 13.3. The smallest absolute Gasteiger partial charge is 0.123 e. The molecule has 4 nitrogen and oxygen atoms in total. The number of benzene rings is 1. The minimum atomic E-state index is 0.0565. The second-order valence-electron chi connectivity index (χ2n) is 4.09. The molecule has 2 rings (SSSR count). The van der Waals surface area contributed by atoms with Gasteiger partial charge >= 0.3 is 0 Å². The van der Waals surface area contributed by atoms with Crippen molar-refractivity contribution in [1.29, 1.82) is 0 Å². The lowest BCUT2D eigenvalue weighted by molar-refractivity contribution is 0.447. The first-order valence-corrected chi connectivity index (χ1v) is 5.66. The van der Waals surface area contributed by atoms with Crippen molar-refractivity contribution in [2.75, 3.05) is 7.05 Å². The molecule has 1 aromatic carbocycles. The SMILES string of the molecule is CN[C@@H](Cc1ncc[nH]1)c1cccc(C)c1O. The van der Waals surface area contributed by atoms with Crippen LogP contribution in [0.15, 0.2) is 30.6 Å². The zero-order chi connectivity index (χ0) is 12.3. The Hall–Kier alpha value is -1.81. The summed E-state index contributed by atoms with van der Waals surface area (Å²) >= 11 is 0. The molecule has 1 aromatic heterocycles. The maximum atomic E-state index is 10.1. The molecule has 2 aromatic rings. The molecule has 1 heterocycles. The zero-order valence-corrected chi connectivity index (χ0v) is 10.1. The molecule has 90 valence electrons. The Balaban J connectivity index is 2.26. The number of aromatic amines is 1. The molecule has 0 unspecified atom stereocenters. The van der Waals surface area contributed by atoms with E-state index in [9.17, 15) is 5.11 Å². The molecule has 0 aliphatic carbocycles. The molecule has 0 radical (unpaired) electrons. The molecular weight excluding hydrogens is 214 g/mol. The molecule has 0 saturated heterocycles. The fourth-order valence-electron chi connectivity index (χ4n) is 1.93. The monoisotopic (exact) mass is 231 g/mol. The Morgan fingerprint density at radius 3 is 2.94 bits per heavy atom. The molecule has 0 aliphatic rings. The topological polar surface area (TPSA) is 60.9 Å². The van der Waals surface area contributed by atoms with E-state index in [0.717, 1.165) is 23.4 Å². The first-order valence-electron chi connectivity index (χ1n) is 5.66. The number of aryl methyl sites for hydroxylation is 1. The van der Waals surface area contributed by atoms with Gasteiger partial charge in [-0.25, -0.2) is 4.98 Å². The first kappa shape index (κ1) is 11.7. The van der Waals surface area contributed by atoms with E-state index in [2.05, 4.69) is 15.3 Å². The predicted octanol–water partition coefficient (Wildman–Crippen LogP) is 1.93. The second kappa shape index (κ2) is 5.01. The number of nitrogens with one attached hydrogen (secondary N) is 2. The van der Waals surface area contributed by atoms with Crippen LogP contribution in [0.1, 0.15) is 23.0 Å². The Morgan fingerprint density at radius 1 is 1.47 bits per heavy atom. The number of likely N-dealkylation sites (N-methyl/N-ethyl adjacent to an activating group) is 1. The van der Waals surface area contributed by atoms with E-state index in [1.807, 2.05) is 32.2 Å². The third-order valence-corrected chi connectivity index (χ3v) is 2.95. The number of para-hydroxylation sites is 1. The average molecular weight is 231 g/mol. The number of rotatable bonds is 4. The first-order chi connectivity index (χ1) is 8.22. The van der Waals surface area contributed by atoms with E-state index in [-0.39, 0.29) is 6.04 Å². The normalized spacial score (nSPS) is 12.6. The van der Waals surface area contributed by atoms with Crippen molar-refractivity contribution < 1.29 is 5.11 Å². The van der Waals surface area contributed by atoms with Gasteiger partial charge in [0.2, 0.25) is 0 Å². The quantitative estimate of drug-likeness (QED) is 0.753. The second-order valence-corrected chi connectivity index (χ2v) is 4.09. The Labute approximate surface area is 101 Å². The number of nitrogens with zero attached hydrogens (tertiary/aromatic N) is 1. The van der Waals surface area contributed by atoms with E-state index < -0.39 is 0 Å². The highest BCUT2D eigenvalue weighted by atomic mass is 16.3. The molecule has 1 atom stereocenters. The molecule has 17 heavy (non-hydrogen) atoms. The van der Waals surface area contributed by atoms with Crippen molar-refractivity contribution in [2.45, 2.75) is 19.4 Å². The number of hydrogen-bond acceptors (Lipinski definition) is 3. The van der Waals surface area contributed by atoms with Crippen LogP contribution >= 0.6 is 0 Å². The van der Waals surface area contributed by atoms with E-state index in [0.29, 0.717) is 5.75 Å². The minimum Gasteiger partial charge on any atom is -0.507 e. The summed E-state index contributed by atoms with van der Waals surface area (Å²) in [6, 6.07) is 5.85. The van der Waals surface area contributed by atoms with E-state index >= 15 is 0 Å². The van der Waals surface area contributed by atoms with Crippen molar-refractivity contribution in [3.63, 3.8) is 0 Å². The molecule has 0 aliphatic heterocycles. The number of phenolic OH excluding ortho intramolecular Hbond substituents is 1. The summed E-state index contributed by atoms with van der Waals surface area (Å²) in [4.78, 5) is 7.28. The largest absolute Gasteiger partial charge is 0.507 e. The molecule has 0 spiro atoms. The van der Waals surface area contributed by atoms with Gasteiger partial charge in [0.1, 0.15) is 11.6 Å². The van der Waals surface area contributed by atoms with Gasteiger partial charge in [0.25, 0.3) is 0 Å². The van der Waals surface area contributed by atoms with Gasteiger partial charge < -0.3 is 15.4 Å². The van der Waals surface area contributed by atoms with Crippen LogP contribution in [-0.2, 0) is 6.42 Å². The van der Waals surface area contributed by atoms with E-state index in [1.165, 1.54) is 0 Å². The van der Waals surface area contributed by atoms with Gasteiger partial charge in [0.15, 0.2) is 0 Å². The van der Waals surface area contributed by atoms with Gasteiger partial charge in [-0.3, -0.25) is 0 Å². The molecular formula is C13H17N3O. The standard InChI is InChI=1S/C13H17N3O/c1-9-4-3-5-10(13(9)17)11(14-2)8-12-15-6-7-16-12/h3-7,11,14,17H,8H2,1-2H3,(H,15,16)/t11-/m0/s1. The van der Waals surface area contributed by atoms with Crippen LogP contribution in [-0.4, -0.2) is 22.1 Å². The number of phenols is 1. The molecule has 4 heteroatoms. The van der Waals surface area contributed by atoms with Gasteiger partial charge in [0.05, 0.1) is 0 Å². The summed E-state index contributed by atoms with van der Waals surface area (Å²) in [5.74, 6) is 1.27. The van der Waals surface area contributed by atoms with Crippen molar-refractivity contribution in [1.82, 2.24) is 15.3 Å². The number of H-pyrrole nitrogens is 1. The zero-order valence-electron chi connectivity index (χ0n) is 10.1. The van der Waals surface area contributed by atoms with Crippen LogP contribution in [0, 0.1) is 6.92 Å². The molecule has 0 saturated carbocycles. The van der Waals surface area contributed by atoms with Crippen molar-refractivity contribution >= 4 is 0 Å². The van der Waals surface area contributed by atoms with Gasteiger partial charge in [-0.15, -0.1) is 0 Å².